The summed E-state index contributed by atoms with van der Waals surface area (Å²) in [5, 5.41) is 16.2. The molecule has 0 radical (unpaired) electrons. The molecule has 0 aliphatic heterocycles. The molecule has 0 unspecified atom stereocenters. The van der Waals surface area contributed by atoms with Crippen molar-refractivity contribution in [3.8, 4) is 0 Å². The van der Waals surface area contributed by atoms with Gasteiger partial charge in [0.15, 0.2) is 0 Å². The quantitative estimate of drug-likeness (QED) is 0.618. The molecule has 0 bridgehead atoms. The zero-order valence-electron chi connectivity index (χ0n) is 10.1. The number of hydrogen-bond donors (Lipinski definition) is 2. The van der Waals surface area contributed by atoms with Crippen LogP contribution in [0, 0.1) is 0 Å². The fourth-order valence-electron chi connectivity index (χ4n) is 1.44. The first-order valence-corrected chi connectivity index (χ1v) is 5.69. The van der Waals surface area contributed by atoms with E-state index in [1.165, 1.54) is 5.69 Å². The molecule has 92 valence electrons. The molecule has 5 heteroatoms. The Kier molecular flexibility index (Phi) is 6.07. The molecule has 1 heterocycles. The summed E-state index contributed by atoms with van der Waals surface area (Å²) in [5.41, 5.74) is 2.30. The van der Waals surface area contributed by atoms with Crippen LogP contribution in [0.15, 0.2) is 6.07 Å². The maximum absolute atomic E-state index is 8.51. The highest BCUT2D eigenvalue weighted by Crippen LogP contribution is 2.02. The Bertz CT molecular complexity index is 299. The summed E-state index contributed by atoms with van der Waals surface area (Å²) in [6, 6.07) is 2.11. The fourth-order valence-corrected chi connectivity index (χ4v) is 1.44. The summed E-state index contributed by atoms with van der Waals surface area (Å²) in [5.74, 6) is 0. The van der Waals surface area contributed by atoms with Crippen molar-refractivity contribution in [1.82, 2.24) is 15.1 Å². The van der Waals surface area contributed by atoms with Crippen molar-refractivity contribution in [3.05, 3.63) is 17.5 Å². The number of nitrogens with zero attached hydrogens (tertiary/aromatic N) is 2. The monoisotopic (exact) mass is 227 g/mol. The van der Waals surface area contributed by atoms with Crippen LogP contribution in [0.1, 0.15) is 18.3 Å². The number of aliphatic hydroxyl groups is 1. The Hall–Kier alpha value is -0.910. The molecule has 0 saturated carbocycles. The van der Waals surface area contributed by atoms with Gasteiger partial charge in [0.25, 0.3) is 0 Å². The second-order valence-corrected chi connectivity index (χ2v) is 3.62. The summed E-state index contributed by atoms with van der Waals surface area (Å²) in [4.78, 5) is 0. The van der Waals surface area contributed by atoms with Gasteiger partial charge in [-0.2, -0.15) is 5.10 Å². The van der Waals surface area contributed by atoms with E-state index in [-0.39, 0.29) is 6.61 Å². The minimum Gasteiger partial charge on any atom is -0.394 e. The molecular weight excluding hydrogens is 206 g/mol. The highest BCUT2D eigenvalue weighted by atomic mass is 16.5. The van der Waals surface area contributed by atoms with Crippen molar-refractivity contribution < 1.29 is 9.84 Å². The maximum atomic E-state index is 8.51. The summed E-state index contributed by atoms with van der Waals surface area (Å²) >= 11 is 0. The molecule has 0 saturated heterocycles. The van der Waals surface area contributed by atoms with Crippen LogP contribution in [0.4, 0.5) is 0 Å². The van der Waals surface area contributed by atoms with E-state index in [9.17, 15) is 0 Å². The summed E-state index contributed by atoms with van der Waals surface area (Å²) in [6.07, 6.45) is 0.966. The van der Waals surface area contributed by atoms with Crippen LogP contribution in [-0.4, -0.2) is 41.3 Å². The second-order valence-electron chi connectivity index (χ2n) is 3.62. The van der Waals surface area contributed by atoms with Gasteiger partial charge in [-0.1, -0.05) is 6.92 Å². The minimum atomic E-state index is 0.0849. The Morgan fingerprint density at radius 2 is 2.31 bits per heavy atom. The number of aromatic nitrogens is 2. The van der Waals surface area contributed by atoms with Gasteiger partial charge >= 0.3 is 0 Å². The van der Waals surface area contributed by atoms with Crippen LogP contribution in [0.2, 0.25) is 0 Å². The lowest BCUT2D eigenvalue weighted by atomic mass is 10.3. The molecule has 0 aliphatic rings. The van der Waals surface area contributed by atoms with Gasteiger partial charge in [-0.15, -0.1) is 0 Å². The van der Waals surface area contributed by atoms with Crippen LogP contribution in [0.25, 0.3) is 0 Å². The summed E-state index contributed by atoms with van der Waals surface area (Å²) in [6.45, 7) is 4.80. The standard InChI is InChI=1S/C11H21N3O2/c1-3-10-8-11(14(2)13-10)9-12-4-6-16-7-5-15/h8,12,15H,3-7,9H2,1-2H3. The normalized spacial score (nSPS) is 10.9. The third-order valence-electron chi connectivity index (χ3n) is 2.35. The fraction of sp³-hybridized carbons (Fsp3) is 0.727. The highest BCUT2D eigenvalue weighted by Gasteiger charge is 2.02. The number of rotatable bonds is 8. The highest BCUT2D eigenvalue weighted by molar-refractivity contribution is 5.09. The minimum absolute atomic E-state index is 0.0849. The van der Waals surface area contributed by atoms with Crippen molar-refractivity contribution in [2.45, 2.75) is 19.9 Å². The van der Waals surface area contributed by atoms with Crippen LogP contribution < -0.4 is 5.32 Å². The average molecular weight is 227 g/mol. The van der Waals surface area contributed by atoms with Gasteiger partial charge in [-0.05, 0) is 12.5 Å². The van der Waals surface area contributed by atoms with Crippen LogP contribution in [0.5, 0.6) is 0 Å². The first-order chi connectivity index (χ1) is 7.77. The van der Waals surface area contributed by atoms with Gasteiger partial charge < -0.3 is 15.2 Å². The Morgan fingerprint density at radius 3 is 2.94 bits per heavy atom. The lowest BCUT2D eigenvalue weighted by Crippen LogP contribution is -2.21. The Morgan fingerprint density at radius 1 is 1.50 bits per heavy atom. The van der Waals surface area contributed by atoms with E-state index in [0.717, 1.165) is 25.2 Å². The maximum Gasteiger partial charge on any atom is 0.0698 e. The zero-order valence-corrected chi connectivity index (χ0v) is 10.1. The molecule has 0 atom stereocenters. The van der Waals surface area contributed by atoms with Gasteiger partial charge in [-0.25, -0.2) is 0 Å². The third-order valence-corrected chi connectivity index (χ3v) is 2.35. The Balaban J connectivity index is 2.18. The number of nitrogens with one attached hydrogen (secondary N) is 1. The van der Waals surface area contributed by atoms with E-state index >= 15 is 0 Å². The molecule has 0 amide bonds. The predicted octanol–water partition coefficient (Wildman–Crippen LogP) is 0.0810. The Labute approximate surface area is 96.4 Å². The molecule has 0 spiro atoms. The van der Waals surface area contributed by atoms with Crippen LogP contribution in [-0.2, 0) is 24.8 Å². The van der Waals surface area contributed by atoms with Crippen molar-refractivity contribution in [1.29, 1.82) is 0 Å². The van der Waals surface area contributed by atoms with E-state index in [1.54, 1.807) is 0 Å². The van der Waals surface area contributed by atoms with Crippen LogP contribution in [0.3, 0.4) is 0 Å². The SMILES string of the molecule is CCc1cc(CNCCOCCO)n(C)n1. The smallest absolute Gasteiger partial charge is 0.0698 e. The lowest BCUT2D eigenvalue weighted by molar-refractivity contribution is 0.0937. The summed E-state index contributed by atoms with van der Waals surface area (Å²) in [7, 11) is 1.96. The van der Waals surface area contributed by atoms with E-state index in [2.05, 4.69) is 23.4 Å². The molecule has 0 aromatic carbocycles. The van der Waals surface area contributed by atoms with Gasteiger partial charge in [0.05, 0.1) is 31.2 Å². The summed E-state index contributed by atoms with van der Waals surface area (Å²) < 4.78 is 7.05. The van der Waals surface area contributed by atoms with Crippen molar-refractivity contribution in [3.63, 3.8) is 0 Å². The molecule has 0 aliphatic carbocycles. The van der Waals surface area contributed by atoms with E-state index in [0.29, 0.717) is 13.2 Å². The number of ether oxygens (including phenoxy) is 1. The number of aliphatic hydroxyl groups excluding tert-OH is 1. The second kappa shape index (κ2) is 7.38. The van der Waals surface area contributed by atoms with Gasteiger partial charge in [0, 0.05) is 20.1 Å². The van der Waals surface area contributed by atoms with Gasteiger partial charge in [0.2, 0.25) is 0 Å². The lowest BCUT2D eigenvalue weighted by Gasteiger charge is -2.05. The average Bonchev–Trinajstić information content (AvgIpc) is 2.65. The van der Waals surface area contributed by atoms with E-state index in [1.807, 2.05) is 11.7 Å². The predicted molar refractivity (Wildman–Crippen MR) is 62.2 cm³/mol. The van der Waals surface area contributed by atoms with Crippen LogP contribution >= 0.6 is 0 Å². The molecule has 1 aromatic heterocycles. The molecule has 2 N–H and O–H groups in total. The molecular formula is C11H21N3O2. The molecule has 1 aromatic rings. The first-order valence-electron chi connectivity index (χ1n) is 5.69. The van der Waals surface area contributed by atoms with E-state index < -0.39 is 0 Å². The molecule has 0 fully saturated rings. The largest absolute Gasteiger partial charge is 0.394 e. The van der Waals surface area contributed by atoms with Gasteiger partial charge in [0.1, 0.15) is 0 Å². The number of hydrogen-bond acceptors (Lipinski definition) is 4. The van der Waals surface area contributed by atoms with Crippen molar-refractivity contribution in [2.75, 3.05) is 26.4 Å². The first kappa shape index (κ1) is 13.2. The van der Waals surface area contributed by atoms with Gasteiger partial charge in [-0.3, -0.25) is 4.68 Å². The molecule has 16 heavy (non-hydrogen) atoms. The zero-order chi connectivity index (χ0) is 11.8. The third kappa shape index (κ3) is 4.30. The van der Waals surface area contributed by atoms with Crippen molar-refractivity contribution in [2.24, 2.45) is 7.05 Å². The number of aryl methyl sites for hydroxylation is 2. The van der Waals surface area contributed by atoms with Crippen molar-refractivity contribution >= 4 is 0 Å². The topological polar surface area (TPSA) is 59.3 Å². The van der Waals surface area contributed by atoms with E-state index in [4.69, 9.17) is 9.84 Å². The molecule has 1 rings (SSSR count). The molecule has 5 nitrogen and oxygen atoms in total.